The maximum atomic E-state index is 12.5. The topological polar surface area (TPSA) is 23.6 Å². The summed E-state index contributed by atoms with van der Waals surface area (Å²) in [5, 5.41) is 0. The fourth-order valence-corrected chi connectivity index (χ4v) is 7.67. The molecule has 0 spiro atoms. The molecule has 1 aromatic carbocycles. The molecule has 4 saturated carbocycles. The van der Waals surface area contributed by atoms with Gasteiger partial charge in [0.15, 0.2) is 0 Å². The lowest BCUT2D eigenvalue weighted by Gasteiger charge is -2.58. The predicted octanol–water partition coefficient (Wildman–Crippen LogP) is 5.50. The molecule has 1 aliphatic heterocycles. The van der Waals surface area contributed by atoms with Crippen molar-refractivity contribution >= 4 is 18.3 Å². The molecule has 1 saturated heterocycles. The van der Waals surface area contributed by atoms with Crippen LogP contribution in [-0.2, 0) is 0 Å². The first-order chi connectivity index (χ1) is 14.1. The number of piperidine rings is 1. The molecule has 3 nitrogen and oxygen atoms in total. The molecular formula is C26H39ClN2O. The van der Waals surface area contributed by atoms with Crippen LogP contribution < -0.4 is 0 Å². The number of halogens is 1. The highest BCUT2D eigenvalue weighted by Crippen LogP contribution is 2.60. The van der Waals surface area contributed by atoms with E-state index in [0.29, 0.717) is 5.41 Å². The SMILES string of the molecule is CN(CCC1CCN(CC23CC4CC(CC(C4)C2)C3)CC1)C(=O)c1ccccc1.Cl. The van der Waals surface area contributed by atoms with Crippen molar-refractivity contribution in [3.63, 3.8) is 0 Å². The highest BCUT2D eigenvalue weighted by Gasteiger charge is 2.51. The van der Waals surface area contributed by atoms with Gasteiger partial charge in [-0.1, -0.05) is 18.2 Å². The van der Waals surface area contributed by atoms with Crippen LogP contribution in [0.1, 0.15) is 68.1 Å². The fourth-order valence-electron chi connectivity index (χ4n) is 7.67. The van der Waals surface area contributed by atoms with E-state index < -0.39 is 0 Å². The summed E-state index contributed by atoms with van der Waals surface area (Å²) < 4.78 is 0. The van der Waals surface area contributed by atoms with Crippen molar-refractivity contribution in [3.8, 4) is 0 Å². The molecule has 166 valence electrons. The molecule has 6 rings (SSSR count). The van der Waals surface area contributed by atoms with Crippen molar-refractivity contribution in [2.45, 2.75) is 57.8 Å². The zero-order valence-electron chi connectivity index (χ0n) is 18.6. The van der Waals surface area contributed by atoms with E-state index in [1.165, 1.54) is 51.7 Å². The van der Waals surface area contributed by atoms with Crippen molar-refractivity contribution in [1.29, 1.82) is 0 Å². The van der Waals surface area contributed by atoms with Crippen LogP contribution in [0.3, 0.4) is 0 Å². The first-order valence-corrected chi connectivity index (χ1v) is 12.1. The van der Waals surface area contributed by atoms with Crippen LogP contribution in [0.25, 0.3) is 0 Å². The molecule has 1 amide bonds. The second-order valence-electron chi connectivity index (χ2n) is 11.0. The normalized spacial score (nSPS) is 33.3. The highest BCUT2D eigenvalue weighted by molar-refractivity contribution is 5.93. The third-order valence-corrected chi connectivity index (χ3v) is 8.67. The van der Waals surface area contributed by atoms with E-state index in [9.17, 15) is 4.79 Å². The third-order valence-electron chi connectivity index (χ3n) is 8.67. The van der Waals surface area contributed by atoms with Gasteiger partial charge in [-0.05, 0) is 112 Å². The summed E-state index contributed by atoms with van der Waals surface area (Å²) in [5.74, 6) is 4.14. The standard InChI is InChI=1S/C26H38N2O.ClH/c1-27(25(29)24-5-3-2-4-6-24)10-7-20-8-11-28(12-9-20)19-26-16-21-13-22(17-26)15-23(14-21)18-26;/h2-6,20-23H,7-19H2,1H3;1H. The average Bonchev–Trinajstić information content (AvgIpc) is 2.72. The number of carbonyl (C=O) groups excluding carboxylic acids is 1. The van der Waals surface area contributed by atoms with E-state index in [0.717, 1.165) is 42.2 Å². The lowest BCUT2D eigenvalue weighted by Crippen LogP contribution is -2.52. The second-order valence-corrected chi connectivity index (χ2v) is 11.0. The van der Waals surface area contributed by atoms with Crippen LogP contribution in [0.15, 0.2) is 30.3 Å². The number of benzene rings is 1. The molecule has 4 heteroatoms. The van der Waals surface area contributed by atoms with E-state index in [-0.39, 0.29) is 18.3 Å². The first-order valence-electron chi connectivity index (χ1n) is 12.1. The summed E-state index contributed by atoms with van der Waals surface area (Å²) in [4.78, 5) is 17.3. The van der Waals surface area contributed by atoms with Gasteiger partial charge in [0.25, 0.3) is 5.91 Å². The van der Waals surface area contributed by atoms with Crippen LogP contribution in [0, 0.1) is 29.1 Å². The maximum Gasteiger partial charge on any atom is 0.253 e. The molecule has 0 aromatic heterocycles. The van der Waals surface area contributed by atoms with Crippen molar-refractivity contribution in [2.75, 3.05) is 33.2 Å². The van der Waals surface area contributed by atoms with Crippen molar-refractivity contribution in [2.24, 2.45) is 29.1 Å². The Hall–Kier alpha value is -1.06. The summed E-state index contributed by atoms with van der Waals surface area (Å²) in [6.07, 6.45) is 13.0. The van der Waals surface area contributed by atoms with Gasteiger partial charge in [-0.2, -0.15) is 0 Å². The first kappa shape index (κ1) is 22.1. The lowest BCUT2D eigenvalue weighted by atomic mass is 9.49. The Kier molecular flexibility index (Phi) is 6.79. The number of likely N-dealkylation sites (tertiary alicyclic amines) is 1. The molecule has 0 unspecified atom stereocenters. The van der Waals surface area contributed by atoms with Crippen LogP contribution in [-0.4, -0.2) is 48.9 Å². The van der Waals surface area contributed by atoms with Gasteiger partial charge in [-0.15, -0.1) is 12.4 Å². The van der Waals surface area contributed by atoms with E-state index in [2.05, 4.69) is 4.90 Å². The van der Waals surface area contributed by atoms with Crippen molar-refractivity contribution in [3.05, 3.63) is 35.9 Å². The summed E-state index contributed by atoms with van der Waals surface area (Å²) >= 11 is 0. The molecule has 1 aromatic rings. The summed E-state index contributed by atoms with van der Waals surface area (Å²) in [6.45, 7) is 4.83. The number of rotatable bonds is 6. The number of hydrogen-bond donors (Lipinski definition) is 0. The summed E-state index contributed by atoms with van der Waals surface area (Å²) in [6, 6.07) is 9.69. The summed E-state index contributed by atoms with van der Waals surface area (Å²) in [5.41, 5.74) is 1.49. The van der Waals surface area contributed by atoms with Crippen molar-refractivity contribution < 1.29 is 4.79 Å². The molecule has 0 radical (unpaired) electrons. The average molecular weight is 431 g/mol. The Bertz CT molecular complexity index is 678. The molecule has 30 heavy (non-hydrogen) atoms. The Balaban J connectivity index is 0.00000218. The zero-order valence-corrected chi connectivity index (χ0v) is 19.4. The Morgan fingerprint density at radius 1 is 1.00 bits per heavy atom. The molecule has 0 atom stereocenters. The minimum atomic E-state index is 0. The number of amides is 1. The largest absolute Gasteiger partial charge is 0.342 e. The maximum absolute atomic E-state index is 12.5. The van der Waals surface area contributed by atoms with E-state index in [1.807, 2.05) is 42.3 Å². The molecule has 1 heterocycles. The smallest absolute Gasteiger partial charge is 0.253 e. The van der Waals surface area contributed by atoms with E-state index in [1.54, 1.807) is 19.3 Å². The molecule has 5 fully saturated rings. The quantitative estimate of drug-likeness (QED) is 0.594. The van der Waals surface area contributed by atoms with Gasteiger partial charge in [-0.3, -0.25) is 4.79 Å². The fraction of sp³-hybridized carbons (Fsp3) is 0.731. The van der Waals surface area contributed by atoms with Crippen molar-refractivity contribution in [1.82, 2.24) is 9.80 Å². The summed E-state index contributed by atoms with van der Waals surface area (Å²) in [7, 11) is 1.96. The third kappa shape index (κ3) is 4.72. The van der Waals surface area contributed by atoms with Crippen LogP contribution in [0.2, 0.25) is 0 Å². The van der Waals surface area contributed by atoms with E-state index in [4.69, 9.17) is 0 Å². The minimum Gasteiger partial charge on any atom is -0.342 e. The molecule has 5 aliphatic rings. The molecule has 4 aliphatic carbocycles. The lowest BCUT2D eigenvalue weighted by molar-refractivity contribution is -0.0725. The monoisotopic (exact) mass is 430 g/mol. The highest BCUT2D eigenvalue weighted by atomic mass is 35.5. The number of hydrogen-bond acceptors (Lipinski definition) is 2. The Morgan fingerprint density at radius 2 is 1.57 bits per heavy atom. The van der Waals surface area contributed by atoms with Gasteiger partial charge in [-0.25, -0.2) is 0 Å². The van der Waals surface area contributed by atoms with Gasteiger partial charge in [0.05, 0.1) is 0 Å². The van der Waals surface area contributed by atoms with Crippen LogP contribution in [0.4, 0.5) is 0 Å². The van der Waals surface area contributed by atoms with Gasteiger partial charge in [0.2, 0.25) is 0 Å². The minimum absolute atomic E-state index is 0. The zero-order chi connectivity index (χ0) is 19.8. The van der Waals surface area contributed by atoms with Gasteiger partial charge >= 0.3 is 0 Å². The molecule has 4 bridgehead atoms. The second kappa shape index (κ2) is 9.20. The Labute approximate surface area is 189 Å². The van der Waals surface area contributed by atoms with Gasteiger partial charge < -0.3 is 9.80 Å². The number of carbonyl (C=O) groups is 1. The Morgan fingerprint density at radius 3 is 2.13 bits per heavy atom. The predicted molar refractivity (Wildman–Crippen MR) is 125 cm³/mol. The molecular weight excluding hydrogens is 392 g/mol. The number of nitrogens with zero attached hydrogens (tertiary/aromatic N) is 2. The van der Waals surface area contributed by atoms with E-state index >= 15 is 0 Å². The van der Waals surface area contributed by atoms with Gasteiger partial charge in [0, 0.05) is 25.7 Å². The molecule has 0 N–H and O–H groups in total. The van der Waals surface area contributed by atoms with Crippen LogP contribution in [0.5, 0.6) is 0 Å². The van der Waals surface area contributed by atoms with Crippen LogP contribution >= 0.6 is 12.4 Å². The van der Waals surface area contributed by atoms with Gasteiger partial charge in [0.1, 0.15) is 0 Å².